The maximum Gasteiger partial charge on any atom is 0.306 e. The predicted octanol–water partition coefficient (Wildman–Crippen LogP) is 19.5. The van der Waals surface area contributed by atoms with Crippen LogP contribution in [-0.4, -0.2) is 62.5 Å². The summed E-state index contributed by atoms with van der Waals surface area (Å²) in [7, 11) is 4.10. The highest BCUT2D eigenvalue weighted by atomic mass is 16.5. The van der Waals surface area contributed by atoms with Crippen molar-refractivity contribution in [1.82, 2.24) is 4.90 Å². The standard InChI is InChI=1S/C63H115NO4/c1-6-9-12-15-18-21-24-27-30-33-36-39-42-45-48-51-54-60(61(63(65)66)55-56-64(4)5)62(68-58-53-50-47-44-41-38-35-32-29-26-23-20-17-14-11-8-3)59-67-57-52-49-46-43-40-37-34-31-28-25-22-19-16-13-10-7-2/h18-23,27-32,60-62H,6-17,24-26,33-59H2,1-5H3,(H,65,66). The van der Waals surface area contributed by atoms with Crippen molar-refractivity contribution in [3.05, 3.63) is 72.9 Å². The van der Waals surface area contributed by atoms with E-state index < -0.39 is 11.9 Å². The average molecular weight is 951 g/mol. The molecule has 1 N–H and O–H groups in total. The molecule has 0 amide bonds. The third-order valence-corrected chi connectivity index (χ3v) is 13.4. The molecule has 0 rings (SSSR count). The van der Waals surface area contributed by atoms with Gasteiger partial charge in [0.15, 0.2) is 0 Å². The van der Waals surface area contributed by atoms with Gasteiger partial charge in [0.25, 0.3) is 0 Å². The monoisotopic (exact) mass is 950 g/mol. The zero-order chi connectivity index (χ0) is 49.5. The van der Waals surface area contributed by atoms with Crippen LogP contribution in [0.15, 0.2) is 72.9 Å². The van der Waals surface area contributed by atoms with Crippen molar-refractivity contribution in [2.75, 3.05) is 40.5 Å². The summed E-state index contributed by atoms with van der Waals surface area (Å²) < 4.78 is 13.1. The van der Waals surface area contributed by atoms with Gasteiger partial charge in [-0.25, -0.2) is 0 Å². The number of ether oxygens (including phenoxy) is 2. The summed E-state index contributed by atoms with van der Waals surface area (Å²) in [6.07, 6.45) is 73.4. The zero-order valence-electron chi connectivity index (χ0n) is 46.0. The van der Waals surface area contributed by atoms with Crippen molar-refractivity contribution in [1.29, 1.82) is 0 Å². The summed E-state index contributed by atoms with van der Waals surface area (Å²) in [5, 5.41) is 10.7. The molecule has 5 heteroatoms. The first kappa shape index (κ1) is 65.8. The molecular weight excluding hydrogens is 835 g/mol. The summed E-state index contributed by atoms with van der Waals surface area (Å²) in [5.41, 5.74) is 0. The Balaban J connectivity index is 5.04. The van der Waals surface area contributed by atoms with Gasteiger partial charge in [0.05, 0.1) is 18.6 Å². The van der Waals surface area contributed by atoms with Crippen molar-refractivity contribution in [3.8, 4) is 0 Å². The summed E-state index contributed by atoms with van der Waals surface area (Å²) >= 11 is 0. The van der Waals surface area contributed by atoms with Gasteiger partial charge < -0.3 is 19.5 Å². The molecule has 0 fully saturated rings. The maximum absolute atomic E-state index is 13.0. The lowest BCUT2D eigenvalue weighted by Gasteiger charge is -2.32. The van der Waals surface area contributed by atoms with Gasteiger partial charge in [-0.05, 0) is 143 Å². The Morgan fingerprint density at radius 2 is 0.765 bits per heavy atom. The quantitative estimate of drug-likeness (QED) is 0.0486. The minimum atomic E-state index is -0.677. The summed E-state index contributed by atoms with van der Waals surface area (Å²) in [4.78, 5) is 15.1. The molecule has 5 nitrogen and oxygen atoms in total. The van der Waals surface area contributed by atoms with E-state index in [9.17, 15) is 9.90 Å². The number of hydrogen-bond acceptors (Lipinski definition) is 4. The molecule has 0 heterocycles. The number of unbranched alkanes of at least 4 members (excludes halogenated alkanes) is 27. The molecule has 0 radical (unpaired) electrons. The van der Waals surface area contributed by atoms with Crippen LogP contribution in [0.25, 0.3) is 0 Å². The van der Waals surface area contributed by atoms with E-state index in [1.807, 2.05) is 14.1 Å². The first-order valence-electron chi connectivity index (χ1n) is 29.4. The second-order valence-electron chi connectivity index (χ2n) is 20.2. The fourth-order valence-electron chi connectivity index (χ4n) is 8.94. The number of rotatable bonds is 54. The topological polar surface area (TPSA) is 59.0 Å². The zero-order valence-corrected chi connectivity index (χ0v) is 46.0. The van der Waals surface area contributed by atoms with Gasteiger partial charge >= 0.3 is 5.97 Å². The Labute approximate surface area is 424 Å². The highest BCUT2D eigenvalue weighted by Crippen LogP contribution is 2.30. The minimum Gasteiger partial charge on any atom is -0.481 e. The Morgan fingerprint density at radius 1 is 0.426 bits per heavy atom. The van der Waals surface area contributed by atoms with E-state index in [0.717, 1.165) is 64.5 Å². The highest BCUT2D eigenvalue weighted by Gasteiger charge is 2.34. The molecule has 396 valence electrons. The first-order chi connectivity index (χ1) is 33.5. The van der Waals surface area contributed by atoms with Crippen LogP contribution in [0.3, 0.4) is 0 Å². The van der Waals surface area contributed by atoms with Crippen LogP contribution in [0.5, 0.6) is 0 Å². The molecule has 68 heavy (non-hydrogen) atoms. The second-order valence-corrected chi connectivity index (χ2v) is 20.2. The molecule has 0 saturated heterocycles. The molecule has 0 aromatic carbocycles. The van der Waals surface area contributed by atoms with Crippen molar-refractivity contribution in [2.45, 2.75) is 271 Å². The van der Waals surface area contributed by atoms with Gasteiger partial charge in [0.2, 0.25) is 0 Å². The van der Waals surface area contributed by atoms with Crippen molar-refractivity contribution in [3.63, 3.8) is 0 Å². The van der Waals surface area contributed by atoms with Crippen LogP contribution in [0, 0.1) is 11.8 Å². The summed E-state index contributed by atoms with van der Waals surface area (Å²) in [5.74, 6) is -1.15. The fraction of sp³-hybridized carbons (Fsp3) is 0.794. The van der Waals surface area contributed by atoms with Crippen LogP contribution >= 0.6 is 0 Å². The van der Waals surface area contributed by atoms with Gasteiger partial charge in [0, 0.05) is 19.1 Å². The number of carboxylic acid groups (broad SMARTS) is 1. The number of allylic oxidation sites excluding steroid dienone is 12. The molecule has 0 aliphatic heterocycles. The van der Waals surface area contributed by atoms with Gasteiger partial charge in [-0.15, -0.1) is 0 Å². The molecule has 0 aromatic heterocycles. The normalized spacial score (nSPS) is 13.9. The minimum absolute atomic E-state index is 0.0428. The van der Waals surface area contributed by atoms with Crippen molar-refractivity contribution < 1.29 is 19.4 Å². The lowest BCUT2D eigenvalue weighted by atomic mass is 9.81. The number of hydrogen-bond donors (Lipinski definition) is 1. The molecule has 0 spiro atoms. The van der Waals surface area contributed by atoms with Gasteiger partial charge in [0.1, 0.15) is 0 Å². The van der Waals surface area contributed by atoms with E-state index in [-0.39, 0.29) is 12.0 Å². The van der Waals surface area contributed by atoms with Crippen LogP contribution in [-0.2, 0) is 14.3 Å². The molecule has 0 bridgehead atoms. The second kappa shape index (κ2) is 55.7. The third kappa shape index (κ3) is 48.8. The van der Waals surface area contributed by atoms with Crippen LogP contribution in [0.1, 0.15) is 265 Å². The van der Waals surface area contributed by atoms with E-state index in [0.29, 0.717) is 19.6 Å². The molecule has 0 aliphatic carbocycles. The Morgan fingerprint density at radius 3 is 1.13 bits per heavy atom. The van der Waals surface area contributed by atoms with E-state index in [1.54, 1.807) is 0 Å². The van der Waals surface area contributed by atoms with E-state index in [2.05, 4.69) is 98.6 Å². The van der Waals surface area contributed by atoms with Gasteiger partial charge in [-0.2, -0.15) is 0 Å². The molecule has 0 aliphatic rings. The largest absolute Gasteiger partial charge is 0.481 e. The van der Waals surface area contributed by atoms with E-state index in [1.165, 1.54) is 186 Å². The Kier molecular flexibility index (Phi) is 53.9. The molecule has 3 atom stereocenters. The Hall–Kier alpha value is -2.21. The lowest BCUT2D eigenvalue weighted by Crippen LogP contribution is -2.39. The SMILES string of the molecule is CCCCCC=CCC=CCCCCCCCCOCC(OCCCCCCCCC=CCC=CCCCCC)C(CCCCCCCCC=CCC=CCCCCC)C(CCN(C)C)C(=O)O. The maximum atomic E-state index is 13.0. The van der Waals surface area contributed by atoms with E-state index in [4.69, 9.17) is 9.47 Å². The van der Waals surface area contributed by atoms with Crippen molar-refractivity contribution >= 4 is 5.97 Å². The van der Waals surface area contributed by atoms with Crippen molar-refractivity contribution in [2.24, 2.45) is 11.8 Å². The fourth-order valence-corrected chi connectivity index (χ4v) is 8.94. The highest BCUT2D eigenvalue weighted by molar-refractivity contribution is 5.70. The molecular formula is C63H115NO4. The Bertz CT molecular complexity index is 1200. The molecule has 0 aromatic rings. The third-order valence-electron chi connectivity index (χ3n) is 13.4. The average Bonchev–Trinajstić information content (AvgIpc) is 3.33. The number of carboxylic acids is 1. The lowest BCUT2D eigenvalue weighted by molar-refractivity contribution is -0.149. The van der Waals surface area contributed by atoms with Crippen LogP contribution in [0.4, 0.5) is 0 Å². The first-order valence-corrected chi connectivity index (χ1v) is 29.4. The predicted molar refractivity (Wildman–Crippen MR) is 301 cm³/mol. The van der Waals surface area contributed by atoms with Crippen LogP contribution in [0.2, 0.25) is 0 Å². The smallest absolute Gasteiger partial charge is 0.306 e. The number of nitrogens with zero attached hydrogens (tertiary/aromatic N) is 1. The van der Waals surface area contributed by atoms with Gasteiger partial charge in [-0.1, -0.05) is 216 Å². The van der Waals surface area contributed by atoms with Gasteiger partial charge in [-0.3, -0.25) is 4.79 Å². The van der Waals surface area contributed by atoms with Crippen LogP contribution < -0.4 is 0 Å². The summed E-state index contributed by atoms with van der Waals surface area (Å²) in [6, 6.07) is 0. The molecule has 0 saturated carbocycles. The number of aliphatic carboxylic acids is 1. The number of carbonyl (C=O) groups is 1. The summed E-state index contributed by atoms with van der Waals surface area (Å²) in [6.45, 7) is 9.47. The molecule has 3 unspecified atom stereocenters. The van der Waals surface area contributed by atoms with E-state index >= 15 is 0 Å².